The summed E-state index contributed by atoms with van der Waals surface area (Å²) in [5.74, 6) is -0.209. The van der Waals surface area contributed by atoms with E-state index in [0.717, 1.165) is 6.42 Å². The zero-order valence-electron chi connectivity index (χ0n) is 11.2. The van der Waals surface area contributed by atoms with E-state index in [1.807, 2.05) is 6.92 Å². The maximum Gasteiger partial charge on any atom is 0.387 e. The molecule has 0 radical (unpaired) electrons. The SMILES string of the molecule is CCCn1ncc(Br)c1C(=O)c1ccc(OC(F)F)cc1. The Hall–Kier alpha value is -1.76. The van der Waals surface area contributed by atoms with Crippen LogP contribution in [0.25, 0.3) is 0 Å². The molecule has 0 unspecified atom stereocenters. The van der Waals surface area contributed by atoms with E-state index < -0.39 is 6.61 Å². The number of aromatic nitrogens is 2. The Morgan fingerprint density at radius 2 is 2.05 bits per heavy atom. The van der Waals surface area contributed by atoms with Crippen molar-refractivity contribution in [3.8, 4) is 5.75 Å². The van der Waals surface area contributed by atoms with Crippen LogP contribution in [0.1, 0.15) is 29.4 Å². The molecule has 1 aromatic carbocycles. The van der Waals surface area contributed by atoms with Crippen LogP contribution in [0.2, 0.25) is 0 Å². The molecule has 0 amide bonds. The quantitative estimate of drug-likeness (QED) is 0.735. The van der Waals surface area contributed by atoms with E-state index in [1.165, 1.54) is 24.3 Å². The normalized spacial score (nSPS) is 10.9. The first kappa shape index (κ1) is 15.6. The number of hydrogen-bond donors (Lipinski definition) is 0. The molecule has 0 saturated heterocycles. The van der Waals surface area contributed by atoms with Crippen molar-refractivity contribution in [1.82, 2.24) is 9.78 Å². The van der Waals surface area contributed by atoms with Crippen molar-refractivity contribution >= 4 is 21.7 Å². The van der Waals surface area contributed by atoms with E-state index in [1.54, 1.807) is 10.9 Å². The van der Waals surface area contributed by atoms with Gasteiger partial charge in [0.25, 0.3) is 0 Å². The molecule has 1 aromatic heterocycles. The Labute approximate surface area is 128 Å². The Balaban J connectivity index is 2.26. The number of aryl methyl sites for hydroxylation is 1. The van der Waals surface area contributed by atoms with Gasteiger partial charge in [0.2, 0.25) is 5.78 Å². The predicted octanol–water partition coefficient (Wildman–Crippen LogP) is 3.89. The lowest BCUT2D eigenvalue weighted by Crippen LogP contribution is -2.12. The number of nitrogens with zero attached hydrogens (tertiary/aromatic N) is 2. The van der Waals surface area contributed by atoms with E-state index in [-0.39, 0.29) is 11.5 Å². The predicted molar refractivity (Wildman–Crippen MR) is 76.7 cm³/mol. The van der Waals surface area contributed by atoms with Gasteiger partial charge in [-0.1, -0.05) is 6.92 Å². The van der Waals surface area contributed by atoms with Crippen LogP contribution in [0.4, 0.5) is 8.78 Å². The minimum Gasteiger partial charge on any atom is -0.435 e. The van der Waals surface area contributed by atoms with Crippen molar-refractivity contribution in [3.05, 3.63) is 46.2 Å². The van der Waals surface area contributed by atoms with Gasteiger partial charge in [0.15, 0.2) is 0 Å². The van der Waals surface area contributed by atoms with Gasteiger partial charge in [-0.15, -0.1) is 0 Å². The molecule has 0 aliphatic heterocycles. The van der Waals surface area contributed by atoms with Gasteiger partial charge in [-0.3, -0.25) is 9.48 Å². The molecule has 0 atom stereocenters. The van der Waals surface area contributed by atoms with Gasteiger partial charge in [-0.25, -0.2) is 0 Å². The first-order chi connectivity index (χ1) is 10.0. The number of halogens is 3. The largest absolute Gasteiger partial charge is 0.435 e. The maximum atomic E-state index is 12.5. The third kappa shape index (κ3) is 3.66. The number of alkyl halides is 2. The molecule has 0 saturated carbocycles. The zero-order valence-corrected chi connectivity index (χ0v) is 12.8. The van der Waals surface area contributed by atoms with Crippen molar-refractivity contribution < 1.29 is 18.3 Å². The molecule has 112 valence electrons. The van der Waals surface area contributed by atoms with Crippen LogP contribution in [-0.2, 0) is 6.54 Å². The van der Waals surface area contributed by atoms with Crippen LogP contribution in [0.15, 0.2) is 34.9 Å². The fraction of sp³-hybridized carbons (Fsp3) is 0.286. The molecule has 2 aromatic rings. The van der Waals surface area contributed by atoms with Crippen LogP contribution in [0, 0.1) is 0 Å². The Bertz CT molecular complexity index is 626. The lowest BCUT2D eigenvalue weighted by atomic mass is 10.1. The van der Waals surface area contributed by atoms with Gasteiger partial charge >= 0.3 is 6.61 Å². The van der Waals surface area contributed by atoms with Crippen LogP contribution in [0.5, 0.6) is 5.75 Å². The van der Waals surface area contributed by atoms with Gasteiger partial charge in [-0.2, -0.15) is 13.9 Å². The number of ketones is 1. The van der Waals surface area contributed by atoms with Gasteiger partial charge in [0.05, 0.1) is 10.7 Å². The molecule has 1 heterocycles. The van der Waals surface area contributed by atoms with Crippen LogP contribution < -0.4 is 4.74 Å². The summed E-state index contributed by atoms with van der Waals surface area (Å²) in [6, 6.07) is 5.59. The summed E-state index contributed by atoms with van der Waals surface area (Å²) in [5.41, 5.74) is 0.828. The standard InChI is InChI=1S/C14H13BrF2N2O2/c1-2-7-19-12(11(15)8-18-19)13(20)9-3-5-10(6-4-9)21-14(16)17/h3-6,8,14H,2,7H2,1H3. The summed E-state index contributed by atoms with van der Waals surface area (Å²) in [6.45, 7) is -0.272. The second-order valence-electron chi connectivity index (χ2n) is 4.30. The summed E-state index contributed by atoms with van der Waals surface area (Å²) in [7, 11) is 0. The van der Waals surface area contributed by atoms with Gasteiger partial charge in [0, 0.05) is 12.1 Å². The highest BCUT2D eigenvalue weighted by Gasteiger charge is 2.18. The first-order valence-corrected chi connectivity index (χ1v) is 7.13. The monoisotopic (exact) mass is 358 g/mol. The number of ether oxygens (including phenoxy) is 1. The van der Waals surface area contributed by atoms with Crippen molar-refractivity contribution in [3.63, 3.8) is 0 Å². The van der Waals surface area contributed by atoms with E-state index in [2.05, 4.69) is 25.8 Å². The van der Waals surface area contributed by atoms with E-state index in [9.17, 15) is 13.6 Å². The average molecular weight is 359 g/mol. The highest BCUT2D eigenvalue weighted by atomic mass is 79.9. The number of benzene rings is 1. The molecule has 0 aliphatic carbocycles. The smallest absolute Gasteiger partial charge is 0.387 e. The molecule has 2 rings (SSSR count). The van der Waals surface area contributed by atoms with Crippen LogP contribution in [-0.4, -0.2) is 22.2 Å². The Kier molecular flexibility index (Phi) is 5.06. The molecule has 0 aliphatic rings. The second-order valence-corrected chi connectivity index (χ2v) is 5.15. The van der Waals surface area contributed by atoms with E-state index >= 15 is 0 Å². The third-order valence-corrected chi connectivity index (χ3v) is 3.37. The molecular weight excluding hydrogens is 346 g/mol. The number of rotatable bonds is 6. The summed E-state index contributed by atoms with van der Waals surface area (Å²) in [5, 5.41) is 4.13. The minimum atomic E-state index is -2.88. The third-order valence-electron chi connectivity index (χ3n) is 2.79. The fourth-order valence-electron chi connectivity index (χ4n) is 1.89. The summed E-state index contributed by atoms with van der Waals surface area (Å²) in [4.78, 5) is 12.5. The Morgan fingerprint density at radius 1 is 1.38 bits per heavy atom. The zero-order chi connectivity index (χ0) is 15.4. The summed E-state index contributed by atoms with van der Waals surface area (Å²) < 4.78 is 30.7. The molecule has 0 bridgehead atoms. The van der Waals surface area contributed by atoms with Crippen LogP contribution in [0.3, 0.4) is 0 Å². The maximum absolute atomic E-state index is 12.5. The molecule has 21 heavy (non-hydrogen) atoms. The number of hydrogen-bond acceptors (Lipinski definition) is 3. The van der Waals surface area contributed by atoms with Gasteiger partial charge in [0.1, 0.15) is 11.4 Å². The average Bonchev–Trinajstić information content (AvgIpc) is 2.80. The van der Waals surface area contributed by atoms with E-state index in [4.69, 9.17) is 0 Å². The summed E-state index contributed by atoms with van der Waals surface area (Å²) >= 11 is 3.30. The topological polar surface area (TPSA) is 44.1 Å². The van der Waals surface area contributed by atoms with E-state index in [0.29, 0.717) is 22.3 Å². The van der Waals surface area contributed by atoms with Crippen LogP contribution >= 0.6 is 15.9 Å². The fourth-order valence-corrected chi connectivity index (χ4v) is 2.37. The highest BCUT2D eigenvalue weighted by molar-refractivity contribution is 9.10. The Morgan fingerprint density at radius 3 is 2.62 bits per heavy atom. The lowest BCUT2D eigenvalue weighted by molar-refractivity contribution is -0.0498. The summed E-state index contributed by atoms with van der Waals surface area (Å²) in [6.07, 6.45) is 2.41. The van der Waals surface area contributed by atoms with Crippen molar-refractivity contribution in [2.75, 3.05) is 0 Å². The highest BCUT2D eigenvalue weighted by Crippen LogP contribution is 2.22. The van der Waals surface area contributed by atoms with Gasteiger partial charge < -0.3 is 4.74 Å². The molecule has 7 heteroatoms. The van der Waals surface area contributed by atoms with Crippen molar-refractivity contribution in [2.45, 2.75) is 26.5 Å². The molecule has 0 fully saturated rings. The van der Waals surface area contributed by atoms with Gasteiger partial charge in [-0.05, 0) is 46.6 Å². The molecule has 0 N–H and O–H groups in total. The molecular formula is C14H13BrF2N2O2. The first-order valence-electron chi connectivity index (χ1n) is 6.33. The number of carbonyl (C=O) groups excluding carboxylic acids is 1. The van der Waals surface area contributed by atoms with Crippen molar-refractivity contribution in [1.29, 1.82) is 0 Å². The molecule has 4 nitrogen and oxygen atoms in total. The minimum absolute atomic E-state index is 0.0164. The number of carbonyl (C=O) groups is 1. The lowest BCUT2D eigenvalue weighted by Gasteiger charge is -2.08. The van der Waals surface area contributed by atoms with Crippen molar-refractivity contribution in [2.24, 2.45) is 0 Å². The molecule has 0 spiro atoms. The second kappa shape index (κ2) is 6.80.